The molecule has 0 saturated carbocycles. The second-order valence-electron chi connectivity index (χ2n) is 7.08. The number of hydrogen-bond acceptors (Lipinski definition) is 5. The fourth-order valence-electron chi connectivity index (χ4n) is 3.39. The first-order valence-electron chi connectivity index (χ1n) is 9.84. The van der Waals surface area contributed by atoms with Crippen LogP contribution in [0, 0.1) is 0 Å². The summed E-state index contributed by atoms with van der Waals surface area (Å²) < 4.78 is 3.55. The Labute approximate surface area is 182 Å². The van der Waals surface area contributed by atoms with Crippen LogP contribution in [0.25, 0.3) is 16.7 Å². The first-order chi connectivity index (χ1) is 14.5. The Balaban J connectivity index is 1.78. The number of para-hydroxylation sites is 1. The topological polar surface area (TPSA) is 69.3 Å². The van der Waals surface area contributed by atoms with E-state index in [0.29, 0.717) is 33.5 Å². The Hall–Kier alpha value is -2.64. The van der Waals surface area contributed by atoms with Crippen molar-refractivity contribution in [3.8, 4) is 0 Å². The van der Waals surface area contributed by atoms with Gasteiger partial charge in [-0.25, -0.2) is 0 Å². The zero-order chi connectivity index (χ0) is 21.3. The number of aryl methyl sites for hydroxylation is 1. The fourth-order valence-corrected chi connectivity index (χ4v) is 4.45. The molecule has 0 aliphatic carbocycles. The van der Waals surface area contributed by atoms with Crippen LogP contribution in [-0.4, -0.2) is 30.2 Å². The SMILES string of the molecule is CCCCn1c(=O)c2ccccc2n2c(SC(C)C(=O)c3ccc(Cl)cc3)nnc12. The zero-order valence-electron chi connectivity index (χ0n) is 16.7. The minimum atomic E-state index is -0.381. The highest BCUT2D eigenvalue weighted by atomic mass is 35.5. The average molecular weight is 441 g/mol. The van der Waals surface area contributed by atoms with Crippen molar-refractivity contribution >= 4 is 45.8 Å². The van der Waals surface area contributed by atoms with Gasteiger partial charge in [-0.2, -0.15) is 0 Å². The lowest BCUT2D eigenvalue weighted by atomic mass is 10.1. The molecule has 0 aliphatic heterocycles. The van der Waals surface area contributed by atoms with E-state index >= 15 is 0 Å². The number of fused-ring (bicyclic) bond motifs is 3. The number of hydrogen-bond donors (Lipinski definition) is 0. The van der Waals surface area contributed by atoms with Gasteiger partial charge in [0.25, 0.3) is 5.56 Å². The smallest absolute Gasteiger partial charge is 0.262 e. The number of unbranched alkanes of at least 4 members (excludes halogenated alkanes) is 1. The molecule has 1 unspecified atom stereocenters. The summed E-state index contributed by atoms with van der Waals surface area (Å²) in [5, 5.41) is 10.0. The minimum absolute atomic E-state index is 0.0166. The number of rotatable bonds is 7. The van der Waals surface area contributed by atoms with Crippen molar-refractivity contribution in [2.45, 2.75) is 43.6 Å². The quantitative estimate of drug-likeness (QED) is 0.303. The third-order valence-electron chi connectivity index (χ3n) is 4.99. The van der Waals surface area contributed by atoms with Gasteiger partial charge >= 0.3 is 0 Å². The number of halogens is 1. The lowest BCUT2D eigenvalue weighted by Crippen LogP contribution is -2.23. The Bertz CT molecular complexity index is 1280. The largest absolute Gasteiger partial charge is 0.293 e. The van der Waals surface area contributed by atoms with E-state index in [1.54, 1.807) is 28.8 Å². The van der Waals surface area contributed by atoms with Gasteiger partial charge < -0.3 is 0 Å². The van der Waals surface area contributed by atoms with Gasteiger partial charge in [-0.05, 0) is 49.7 Å². The number of carbonyl (C=O) groups is 1. The van der Waals surface area contributed by atoms with Gasteiger partial charge in [0.2, 0.25) is 5.78 Å². The van der Waals surface area contributed by atoms with Crippen molar-refractivity contribution in [3.63, 3.8) is 0 Å². The predicted molar refractivity (Wildman–Crippen MR) is 121 cm³/mol. The maximum absolute atomic E-state index is 13.0. The molecule has 1 atom stereocenters. The van der Waals surface area contributed by atoms with Crippen LogP contribution in [0.15, 0.2) is 58.5 Å². The van der Waals surface area contributed by atoms with E-state index in [4.69, 9.17) is 11.6 Å². The van der Waals surface area contributed by atoms with Crippen molar-refractivity contribution in [2.24, 2.45) is 0 Å². The van der Waals surface area contributed by atoms with Crippen molar-refractivity contribution in [1.29, 1.82) is 0 Å². The second kappa shape index (κ2) is 8.62. The molecule has 8 heteroatoms. The van der Waals surface area contributed by atoms with Gasteiger partial charge in [0, 0.05) is 17.1 Å². The summed E-state index contributed by atoms with van der Waals surface area (Å²) in [5.41, 5.74) is 1.27. The number of ketones is 1. The molecule has 0 aliphatic rings. The molecule has 0 N–H and O–H groups in total. The standard InChI is InChI=1S/C22H21ClN4O2S/c1-3-4-13-26-20(29)17-7-5-6-8-18(17)27-21(26)24-25-22(27)30-14(2)19(28)15-9-11-16(23)12-10-15/h5-12,14H,3-4,13H2,1-2H3. The Morgan fingerprint density at radius 3 is 2.60 bits per heavy atom. The summed E-state index contributed by atoms with van der Waals surface area (Å²) in [6, 6.07) is 14.3. The summed E-state index contributed by atoms with van der Waals surface area (Å²) in [5.74, 6) is 0.484. The molecule has 2 aromatic heterocycles. The number of Topliss-reactive ketones (excluding diaryl/α,β-unsaturated/α-hetero) is 1. The summed E-state index contributed by atoms with van der Waals surface area (Å²) in [7, 11) is 0. The van der Waals surface area contributed by atoms with Crippen LogP contribution in [0.3, 0.4) is 0 Å². The van der Waals surface area contributed by atoms with Crippen molar-refractivity contribution in [3.05, 3.63) is 69.5 Å². The van der Waals surface area contributed by atoms with E-state index < -0.39 is 0 Å². The molecule has 30 heavy (non-hydrogen) atoms. The summed E-state index contributed by atoms with van der Waals surface area (Å²) in [6.07, 6.45) is 1.84. The first-order valence-corrected chi connectivity index (χ1v) is 11.1. The van der Waals surface area contributed by atoms with Crippen LogP contribution in [0.4, 0.5) is 0 Å². The molecule has 154 valence electrons. The highest BCUT2D eigenvalue weighted by Crippen LogP contribution is 2.27. The van der Waals surface area contributed by atoms with Gasteiger partial charge in [0.1, 0.15) is 0 Å². The van der Waals surface area contributed by atoms with Crippen LogP contribution < -0.4 is 5.56 Å². The number of nitrogens with zero attached hydrogens (tertiary/aromatic N) is 4. The Morgan fingerprint density at radius 2 is 1.87 bits per heavy atom. The van der Waals surface area contributed by atoms with Gasteiger partial charge in [0.15, 0.2) is 10.9 Å². The van der Waals surface area contributed by atoms with E-state index in [1.165, 1.54) is 11.8 Å². The number of carbonyl (C=O) groups excluding carboxylic acids is 1. The normalized spacial score (nSPS) is 12.5. The molecule has 4 rings (SSSR count). The van der Waals surface area contributed by atoms with Crippen LogP contribution in [0.1, 0.15) is 37.0 Å². The van der Waals surface area contributed by atoms with Crippen molar-refractivity contribution in [2.75, 3.05) is 0 Å². The van der Waals surface area contributed by atoms with E-state index in [-0.39, 0.29) is 16.6 Å². The number of benzene rings is 2. The second-order valence-corrected chi connectivity index (χ2v) is 8.82. The summed E-state index contributed by atoms with van der Waals surface area (Å²) in [4.78, 5) is 25.9. The van der Waals surface area contributed by atoms with Gasteiger partial charge in [-0.3, -0.25) is 18.6 Å². The zero-order valence-corrected chi connectivity index (χ0v) is 18.3. The minimum Gasteiger partial charge on any atom is -0.293 e. The van der Waals surface area contributed by atoms with E-state index in [1.807, 2.05) is 35.6 Å². The number of aromatic nitrogens is 4. The number of thioether (sulfide) groups is 1. The maximum Gasteiger partial charge on any atom is 0.262 e. The van der Waals surface area contributed by atoms with Gasteiger partial charge in [-0.15, -0.1) is 10.2 Å². The molecule has 0 bridgehead atoms. The van der Waals surface area contributed by atoms with Crippen molar-refractivity contribution in [1.82, 2.24) is 19.2 Å². The molecule has 0 fully saturated rings. The summed E-state index contributed by atoms with van der Waals surface area (Å²) >= 11 is 7.26. The molecular weight excluding hydrogens is 420 g/mol. The first kappa shape index (κ1) is 20.6. The van der Waals surface area contributed by atoms with Gasteiger partial charge in [0.05, 0.1) is 16.2 Å². The maximum atomic E-state index is 13.0. The molecule has 2 heterocycles. The summed E-state index contributed by atoms with van der Waals surface area (Å²) in [6.45, 7) is 4.50. The lowest BCUT2D eigenvalue weighted by molar-refractivity contribution is 0.0994. The van der Waals surface area contributed by atoms with Crippen LogP contribution in [-0.2, 0) is 6.54 Å². The highest BCUT2D eigenvalue weighted by Gasteiger charge is 2.22. The van der Waals surface area contributed by atoms with Crippen LogP contribution >= 0.6 is 23.4 Å². The predicted octanol–water partition coefficient (Wildman–Crippen LogP) is 4.86. The molecule has 0 saturated heterocycles. The Kier molecular flexibility index (Phi) is 5.92. The molecule has 4 aromatic rings. The lowest BCUT2D eigenvalue weighted by Gasteiger charge is -2.12. The average Bonchev–Trinajstić information content (AvgIpc) is 3.17. The van der Waals surface area contributed by atoms with E-state index in [2.05, 4.69) is 17.1 Å². The molecule has 6 nitrogen and oxygen atoms in total. The highest BCUT2D eigenvalue weighted by molar-refractivity contribution is 8.00. The van der Waals surface area contributed by atoms with Crippen LogP contribution in [0.2, 0.25) is 5.02 Å². The molecule has 0 amide bonds. The third kappa shape index (κ3) is 3.75. The van der Waals surface area contributed by atoms with Crippen molar-refractivity contribution < 1.29 is 4.79 Å². The molecule has 0 spiro atoms. The Morgan fingerprint density at radius 1 is 1.13 bits per heavy atom. The van der Waals surface area contributed by atoms with Crippen LogP contribution in [0.5, 0.6) is 0 Å². The van der Waals surface area contributed by atoms with Gasteiger partial charge in [-0.1, -0.05) is 48.8 Å². The molecular formula is C22H21ClN4O2S. The molecule has 2 aromatic carbocycles. The molecule has 0 radical (unpaired) electrons. The monoisotopic (exact) mass is 440 g/mol. The fraction of sp³-hybridized carbons (Fsp3) is 0.273. The third-order valence-corrected chi connectivity index (χ3v) is 6.29. The van der Waals surface area contributed by atoms with E-state index in [9.17, 15) is 9.59 Å². The van der Waals surface area contributed by atoms with E-state index in [0.717, 1.165) is 18.4 Å².